The Labute approximate surface area is 185 Å². The maximum absolute atomic E-state index is 13.6. The summed E-state index contributed by atoms with van der Waals surface area (Å²) in [7, 11) is 0. The molecule has 3 N–H and O–H groups in total. The summed E-state index contributed by atoms with van der Waals surface area (Å²) >= 11 is 0. The summed E-state index contributed by atoms with van der Waals surface area (Å²) in [6.07, 6.45) is 3.21. The summed E-state index contributed by atoms with van der Waals surface area (Å²) in [5, 5.41) is 3.33. The van der Waals surface area contributed by atoms with Crippen LogP contribution >= 0.6 is 0 Å². The molecule has 0 saturated carbocycles. The third-order valence-electron chi connectivity index (χ3n) is 6.38. The predicted molar refractivity (Wildman–Crippen MR) is 120 cm³/mol. The van der Waals surface area contributed by atoms with Crippen LogP contribution in [0.1, 0.15) is 45.1 Å². The first-order valence-electron chi connectivity index (χ1n) is 11.5. The van der Waals surface area contributed by atoms with Gasteiger partial charge in [0, 0.05) is 39.0 Å². The molecule has 7 nitrogen and oxygen atoms in total. The number of carbonyl (C=O) groups is 3. The van der Waals surface area contributed by atoms with E-state index in [4.69, 9.17) is 5.73 Å². The van der Waals surface area contributed by atoms with E-state index in [1.165, 1.54) is 0 Å². The second kappa shape index (κ2) is 10.8. The van der Waals surface area contributed by atoms with E-state index in [2.05, 4.69) is 19.2 Å². The molecule has 1 aromatic rings. The molecule has 31 heavy (non-hydrogen) atoms. The molecule has 0 aromatic heterocycles. The lowest BCUT2D eigenvalue weighted by molar-refractivity contribution is -0.149. The van der Waals surface area contributed by atoms with Crippen LogP contribution in [-0.4, -0.2) is 65.8 Å². The van der Waals surface area contributed by atoms with Crippen LogP contribution in [-0.2, 0) is 20.8 Å². The van der Waals surface area contributed by atoms with Crippen LogP contribution in [0.25, 0.3) is 0 Å². The minimum absolute atomic E-state index is 0.0138. The number of nitrogens with one attached hydrogen (secondary N) is 1. The highest BCUT2D eigenvalue weighted by Gasteiger charge is 2.39. The van der Waals surface area contributed by atoms with Crippen molar-refractivity contribution in [3.05, 3.63) is 35.9 Å². The number of nitrogens with two attached hydrogens (primary N) is 1. The summed E-state index contributed by atoms with van der Waals surface area (Å²) in [5.74, 6) is 0.395. The Kier molecular flexibility index (Phi) is 8.07. The number of nitrogens with zero attached hydrogens (tertiary/aromatic N) is 2. The number of hydrogen-bond donors (Lipinski definition) is 2. The Balaban J connectivity index is 1.76. The molecule has 3 amide bonds. The lowest BCUT2D eigenvalue weighted by Crippen LogP contribution is -2.62. The van der Waals surface area contributed by atoms with E-state index in [-0.39, 0.29) is 29.7 Å². The fourth-order valence-corrected chi connectivity index (χ4v) is 4.74. The maximum atomic E-state index is 13.6. The van der Waals surface area contributed by atoms with Gasteiger partial charge in [-0.1, -0.05) is 44.2 Å². The van der Waals surface area contributed by atoms with Crippen LogP contribution in [0, 0.1) is 11.8 Å². The van der Waals surface area contributed by atoms with Crippen molar-refractivity contribution in [2.75, 3.05) is 26.2 Å². The Morgan fingerprint density at radius 1 is 1.13 bits per heavy atom. The normalized spacial score (nSPS) is 21.4. The lowest BCUT2D eigenvalue weighted by atomic mass is 9.92. The fraction of sp³-hybridized carbons (Fsp3) is 0.625. The van der Waals surface area contributed by atoms with E-state index in [9.17, 15) is 14.4 Å². The zero-order valence-electron chi connectivity index (χ0n) is 18.8. The first-order valence-corrected chi connectivity index (χ1v) is 11.5. The first kappa shape index (κ1) is 23.3. The molecule has 3 rings (SSSR count). The number of amides is 3. The van der Waals surface area contributed by atoms with Crippen LogP contribution in [0.3, 0.4) is 0 Å². The topological polar surface area (TPSA) is 95.7 Å². The van der Waals surface area contributed by atoms with Gasteiger partial charge in [-0.25, -0.2) is 0 Å². The van der Waals surface area contributed by atoms with E-state index in [0.717, 1.165) is 24.8 Å². The maximum Gasteiger partial charge on any atom is 0.245 e. The van der Waals surface area contributed by atoms with Gasteiger partial charge in [0.2, 0.25) is 17.7 Å². The van der Waals surface area contributed by atoms with Crippen molar-refractivity contribution < 1.29 is 14.4 Å². The van der Waals surface area contributed by atoms with Gasteiger partial charge in [-0.3, -0.25) is 14.4 Å². The molecule has 0 aliphatic carbocycles. The summed E-state index contributed by atoms with van der Waals surface area (Å²) in [4.78, 5) is 41.8. The highest BCUT2D eigenvalue weighted by Crippen LogP contribution is 2.23. The van der Waals surface area contributed by atoms with E-state index >= 15 is 0 Å². The van der Waals surface area contributed by atoms with Gasteiger partial charge in [0.15, 0.2) is 0 Å². The molecular weight excluding hydrogens is 392 g/mol. The number of hydrogen-bond acceptors (Lipinski definition) is 4. The van der Waals surface area contributed by atoms with Crippen molar-refractivity contribution in [3.63, 3.8) is 0 Å². The van der Waals surface area contributed by atoms with Gasteiger partial charge in [-0.15, -0.1) is 0 Å². The Bertz CT molecular complexity index is 759. The van der Waals surface area contributed by atoms with Gasteiger partial charge in [-0.2, -0.15) is 0 Å². The molecule has 2 aliphatic heterocycles. The number of primary amides is 1. The number of piperidine rings is 1. The molecule has 2 fully saturated rings. The number of carbonyl (C=O) groups excluding carboxylic acids is 3. The zero-order valence-corrected chi connectivity index (χ0v) is 18.8. The molecular formula is C24H36N4O3. The third-order valence-corrected chi connectivity index (χ3v) is 6.38. The van der Waals surface area contributed by atoms with Gasteiger partial charge >= 0.3 is 0 Å². The van der Waals surface area contributed by atoms with Gasteiger partial charge in [0.25, 0.3) is 0 Å². The zero-order chi connectivity index (χ0) is 22.4. The summed E-state index contributed by atoms with van der Waals surface area (Å²) < 4.78 is 0. The van der Waals surface area contributed by atoms with Crippen molar-refractivity contribution in [2.45, 2.75) is 58.0 Å². The van der Waals surface area contributed by atoms with Crippen LogP contribution in [0.15, 0.2) is 30.3 Å². The quantitative estimate of drug-likeness (QED) is 0.657. The van der Waals surface area contributed by atoms with Gasteiger partial charge in [0.1, 0.15) is 6.04 Å². The smallest absolute Gasteiger partial charge is 0.245 e. The average Bonchev–Trinajstić information content (AvgIpc) is 2.74. The minimum atomic E-state index is -0.501. The minimum Gasteiger partial charge on any atom is -0.370 e. The highest BCUT2D eigenvalue weighted by molar-refractivity contribution is 5.90. The van der Waals surface area contributed by atoms with E-state index in [1.54, 1.807) is 4.90 Å². The Hall–Kier alpha value is -2.41. The van der Waals surface area contributed by atoms with E-state index < -0.39 is 6.04 Å². The molecule has 0 spiro atoms. The van der Waals surface area contributed by atoms with Crippen LogP contribution in [0.2, 0.25) is 0 Å². The van der Waals surface area contributed by atoms with Crippen LogP contribution in [0.5, 0.6) is 0 Å². The molecule has 7 heteroatoms. The number of rotatable bonds is 8. The van der Waals surface area contributed by atoms with Crippen molar-refractivity contribution in [2.24, 2.45) is 17.6 Å². The Morgan fingerprint density at radius 3 is 2.42 bits per heavy atom. The first-order chi connectivity index (χ1) is 14.8. The number of piperazine rings is 1. The van der Waals surface area contributed by atoms with Crippen LogP contribution < -0.4 is 11.1 Å². The molecule has 170 valence electrons. The van der Waals surface area contributed by atoms with Crippen molar-refractivity contribution in [1.82, 2.24) is 15.1 Å². The fourth-order valence-electron chi connectivity index (χ4n) is 4.74. The number of likely N-dealkylation sites (tertiary alicyclic amines) is 1. The van der Waals surface area contributed by atoms with E-state index in [0.29, 0.717) is 44.9 Å². The second-order valence-electron chi connectivity index (χ2n) is 9.31. The molecule has 2 atom stereocenters. The molecule has 2 saturated heterocycles. The summed E-state index contributed by atoms with van der Waals surface area (Å²) in [6, 6.07) is 9.18. The molecule has 0 bridgehead atoms. The van der Waals surface area contributed by atoms with Gasteiger partial charge in [-0.05, 0) is 36.7 Å². The summed E-state index contributed by atoms with van der Waals surface area (Å²) in [5.41, 5.74) is 6.39. The van der Waals surface area contributed by atoms with E-state index in [1.807, 2.05) is 35.2 Å². The van der Waals surface area contributed by atoms with Crippen molar-refractivity contribution >= 4 is 17.7 Å². The summed E-state index contributed by atoms with van der Waals surface area (Å²) in [6.45, 7) is 6.67. The molecule has 1 unspecified atom stereocenters. The van der Waals surface area contributed by atoms with Gasteiger partial charge in [0.05, 0.1) is 6.04 Å². The molecule has 1 aromatic carbocycles. The van der Waals surface area contributed by atoms with Crippen molar-refractivity contribution in [3.8, 4) is 0 Å². The monoisotopic (exact) mass is 428 g/mol. The van der Waals surface area contributed by atoms with Gasteiger partial charge < -0.3 is 20.9 Å². The molecule has 2 heterocycles. The largest absolute Gasteiger partial charge is 0.370 e. The lowest BCUT2D eigenvalue weighted by Gasteiger charge is -2.41. The third kappa shape index (κ3) is 6.29. The molecule has 2 aliphatic rings. The Morgan fingerprint density at radius 2 is 1.81 bits per heavy atom. The average molecular weight is 429 g/mol. The second-order valence-corrected chi connectivity index (χ2v) is 9.31. The molecule has 0 radical (unpaired) electrons. The van der Waals surface area contributed by atoms with Crippen LogP contribution in [0.4, 0.5) is 0 Å². The number of benzene rings is 1. The van der Waals surface area contributed by atoms with Crippen molar-refractivity contribution in [1.29, 1.82) is 0 Å². The SMILES string of the molecule is CC(C)C[C@@H]1NCCN(C(Cc2ccccc2)C(=O)N2CCC(CC(N)=O)CC2)C1=O. The standard InChI is InChI=1S/C24H36N4O3/c1-17(2)14-20-23(30)28(13-10-26-20)21(15-18-6-4-3-5-7-18)24(31)27-11-8-19(9-12-27)16-22(25)29/h3-7,17,19-21,26H,8-16H2,1-2H3,(H2,25,29)/t20-,21?/m0/s1. The highest BCUT2D eigenvalue weighted by atomic mass is 16.2. The predicted octanol–water partition coefficient (Wildman–Crippen LogP) is 1.56.